The maximum absolute atomic E-state index is 12.5. The first kappa shape index (κ1) is 20.3. The Bertz CT molecular complexity index is 1130. The summed E-state index contributed by atoms with van der Waals surface area (Å²) in [6.45, 7) is 1.35. The third kappa shape index (κ3) is 3.66. The van der Waals surface area contributed by atoms with Crippen molar-refractivity contribution in [3.05, 3.63) is 41.6 Å². The zero-order chi connectivity index (χ0) is 22.6. The van der Waals surface area contributed by atoms with Crippen LogP contribution in [0.15, 0.2) is 30.5 Å². The molecule has 0 radical (unpaired) electrons. The van der Waals surface area contributed by atoms with Crippen molar-refractivity contribution < 1.29 is 24.2 Å². The molecular weight excluding hydrogens is 424 g/mol. The maximum atomic E-state index is 12.5. The van der Waals surface area contributed by atoms with Gasteiger partial charge in [-0.25, -0.2) is 9.78 Å². The Kier molecular flexibility index (Phi) is 4.69. The Morgan fingerprint density at radius 1 is 1.24 bits per heavy atom. The summed E-state index contributed by atoms with van der Waals surface area (Å²) in [6, 6.07) is 6.98. The number of pyridine rings is 1. The Morgan fingerprint density at radius 2 is 2.09 bits per heavy atom. The van der Waals surface area contributed by atoms with Gasteiger partial charge in [-0.15, -0.1) is 0 Å². The van der Waals surface area contributed by atoms with Gasteiger partial charge in [-0.05, 0) is 55.9 Å². The number of aromatic nitrogens is 1. The number of benzene rings is 1. The number of ether oxygens (including phenoxy) is 2. The summed E-state index contributed by atoms with van der Waals surface area (Å²) in [7, 11) is 0. The molecule has 172 valence electrons. The number of nitrogens with zero attached hydrogens (tertiary/aromatic N) is 1. The van der Waals surface area contributed by atoms with Gasteiger partial charge in [-0.2, -0.15) is 0 Å². The summed E-state index contributed by atoms with van der Waals surface area (Å²) < 4.78 is 11.5. The van der Waals surface area contributed by atoms with E-state index in [1.807, 2.05) is 6.07 Å². The predicted molar refractivity (Wildman–Crippen MR) is 118 cm³/mol. The molecule has 1 saturated heterocycles. The number of phenols is 1. The van der Waals surface area contributed by atoms with Crippen LogP contribution in [0.5, 0.6) is 17.2 Å². The highest BCUT2D eigenvalue weighted by Crippen LogP contribution is 2.77. The normalized spacial score (nSPS) is 27.6. The van der Waals surface area contributed by atoms with Crippen LogP contribution in [-0.2, 0) is 16.0 Å². The lowest BCUT2D eigenvalue weighted by molar-refractivity contribution is -0.116. The fourth-order valence-corrected chi connectivity index (χ4v) is 5.22. The van der Waals surface area contributed by atoms with E-state index in [0.29, 0.717) is 49.3 Å². The summed E-state index contributed by atoms with van der Waals surface area (Å²) in [5, 5.41) is 19.5. The smallest absolute Gasteiger partial charge is 0.315 e. The van der Waals surface area contributed by atoms with Gasteiger partial charge in [-0.1, -0.05) is 0 Å². The third-order valence-corrected chi connectivity index (χ3v) is 7.24. The quantitative estimate of drug-likeness (QED) is 0.556. The lowest BCUT2D eigenvalue weighted by Gasteiger charge is -2.24. The van der Waals surface area contributed by atoms with Crippen LogP contribution in [0.4, 0.5) is 10.6 Å². The summed E-state index contributed by atoms with van der Waals surface area (Å²) in [5.74, 6) is 2.34. The van der Waals surface area contributed by atoms with E-state index in [4.69, 9.17) is 9.47 Å². The Balaban J connectivity index is 1.15. The summed E-state index contributed by atoms with van der Waals surface area (Å²) in [5.41, 5.74) is 1.38. The highest BCUT2D eigenvalue weighted by molar-refractivity contribution is 5.93. The van der Waals surface area contributed by atoms with E-state index in [1.54, 1.807) is 24.4 Å². The molecule has 1 aromatic carbocycles. The van der Waals surface area contributed by atoms with Crippen LogP contribution in [0.2, 0.25) is 0 Å². The average molecular weight is 450 g/mol. The molecule has 2 aromatic rings. The van der Waals surface area contributed by atoms with Crippen molar-refractivity contribution in [3.63, 3.8) is 0 Å². The molecule has 3 heterocycles. The maximum Gasteiger partial charge on any atom is 0.315 e. The number of anilines is 1. The van der Waals surface area contributed by atoms with Gasteiger partial charge in [0, 0.05) is 48.9 Å². The number of urea groups is 1. The van der Waals surface area contributed by atoms with E-state index in [1.165, 1.54) is 0 Å². The first-order chi connectivity index (χ1) is 16.0. The molecule has 3 amide bonds. The number of nitrogens with one attached hydrogen (secondary N) is 3. The predicted octanol–water partition coefficient (Wildman–Crippen LogP) is 2.80. The zero-order valence-electron chi connectivity index (χ0n) is 18.1. The number of hydrogen-bond acceptors (Lipinski definition) is 6. The zero-order valence-corrected chi connectivity index (χ0v) is 18.1. The monoisotopic (exact) mass is 450 g/mol. The first-order valence-electron chi connectivity index (χ1n) is 11.5. The molecule has 3 atom stereocenters. The minimum absolute atomic E-state index is 0.0503. The van der Waals surface area contributed by atoms with Crippen molar-refractivity contribution in [1.82, 2.24) is 15.6 Å². The molecule has 0 spiro atoms. The van der Waals surface area contributed by atoms with Crippen LogP contribution in [0, 0.1) is 5.92 Å². The Hall–Kier alpha value is -3.33. The van der Waals surface area contributed by atoms with Gasteiger partial charge in [0.05, 0.1) is 5.54 Å². The highest BCUT2D eigenvalue weighted by atomic mass is 16.5. The second-order valence-corrected chi connectivity index (χ2v) is 9.32. The van der Waals surface area contributed by atoms with E-state index >= 15 is 0 Å². The number of phenolic OH excluding ortho intramolecular Hbond substituents is 1. The topological polar surface area (TPSA) is 122 Å². The second-order valence-electron chi connectivity index (χ2n) is 9.32. The fourth-order valence-electron chi connectivity index (χ4n) is 5.22. The molecule has 4 aliphatic rings. The molecule has 9 heteroatoms. The van der Waals surface area contributed by atoms with E-state index in [2.05, 4.69) is 20.9 Å². The number of fused-ring (bicyclic) bond motifs is 2. The molecular formula is C24H26N4O5. The van der Waals surface area contributed by atoms with E-state index in [9.17, 15) is 14.7 Å². The average Bonchev–Trinajstić information content (AvgIpc) is 3.66. The molecule has 6 rings (SSSR count). The highest BCUT2D eigenvalue weighted by Gasteiger charge is 2.80. The molecule has 33 heavy (non-hydrogen) atoms. The van der Waals surface area contributed by atoms with Crippen LogP contribution in [0.25, 0.3) is 0 Å². The lowest BCUT2D eigenvalue weighted by atomic mass is 9.99. The fraction of sp³-hybridized carbons (Fsp3) is 0.458. The minimum Gasteiger partial charge on any atom is -0.508 e. The molecule has 1 aromatic heterocycles. The van der Waals surface area contributed by atoms with E-state index in [0.717, 1.165) is 30.4 Å². The summed E-state index contributed by atoms with van der Waals surface area (Å²) >= 11 is 0. The first-order valence-corrected chi connectivity index (χ1v) is 11.5. The van der Waals surface area contributed by atoms with E-state index in [-0.39, 0.29) is 35.2 Å². The lowest BCUT2D eigenvalue weighted by Crippen LogP contribution is -2.47. The molecule has 2 aliphatic heterocycles. The van der Waals surface area contributed by atoms with Crippen LogP contribution in [0.3, 0.4) is 0 Å². The standard InChI is InChI=1S/C24H26N4O5/c29-18-3-1-14(33-19-5-8-25-22-15(19)2-4-20(30)27-22)11-16(18)21-17-12-24(17,21)28-23(31)26-13-6-9-32-10-7-13/h1,3,5,8,11,13,17,21,29H,2,4,6-7,9-10,12H2,(H,25,27,30)(H2,26,28,31)/t17-,21+,24-/m0/s1. The van der Waals surface area contributed by atoms with Gasteiger partial charge in [0.2, 0.25) is 5.91 Å². The molecule has 2 saturated carbocycles. The van der Waals surface area contributed by atoms with Crippen LogP contribution in [0.1, 0.15) is 42.7 Å². The SMILES string of the molecule is O=C1CCc2c(Oc3ccc(O)c([C@@H]4[C@@H]5C[C@@]45NC(=O)NC4CCOCC4)c3)ccnc2N1. The molecule has 9 nitrogen and oxygen atoms in total. The van der Waals surface area contributed by atoms with Crippen molar-refractivity contribution >= 4 is 17.8 Å². The molecule has 4 N–H and O–H groups in total. The number of rotatable bonds is 5. The van der Waals surface area contributed by atoms with E-state index < -0.39 is 0 Å². The van der Waals surface area contributed by atoms with Gasteiger partial charge < -0.3 is 30.5 Å². The third-order valence-electron chi connectivity index (χ3n) is 7.24. The van der Waals surface area contributed by atoms with Gasteiger partial charge in [0.1, 0.15) is 23.1 Å². The number of carbonyl (C=O) groups is 2. The van der Waals surface area contributed by atoms with Crippen LogP contribution < -0.4 is 20.7 Å². The molecule has 3 fully saturated rings. The van der Waals surface area contributed by atoms with Gasteiger partial charge in [-0.3, -0.25) is 4.79 Å². The molecule has 0 bridgehead atoms. The van der Waals surface area contributed by atoms with Gasteiger partial charge in [0.15, 0.2) is 0 Å². The Labute approximate surface area is 190 Å². The molecule has 2 aliphatic carbocycles. The van der Waals surface area contributed by atoms with Crippen LogP contribution in [-0.4, -0.2) is 46.8 Å². The minimum atomic E-state index is -0.272. The Morgan fingerprint density at radius 3 is 2.91 bits per heavy atom. The van der Waals surface area contributed by atoms with Gasteiger partial charge in [0.25, 0.3) is 0 Å². The van der Waals surface area contributed by atoms with Crippen LogP contribution >= 0.6 is 0 Å². The van der Waals surface area contributed by atoms with Crippen molar-refractivity contribution in [2.24, 2.45) is 5.92 Å². The van der Waals surface area contributed by atoms with Gasteiger partial charge >= 0.3 is 6.03 Å². The van der Waals surface area contributed by atoms with Crippen molar-refractivity contribution in [1.29, 1.82) is 0 Å². The summed E-state index contributed by atoms with van der Waals surface area (Å²) in [6.07, 6.45) is 5.14. The number of amides is 3. The second kappa shape index (κ2) is 7.62. The molecule has 0 unspecified atom stereocenters. The number of hydrogen-bond donors (Lipinski definition) is 4. The number of carbonyl (C=O) groups excluding carboxylic acids is 2. The summed E-state index contributed by atoms with van der Waals surface area (Å²) in [4.78, 5) is 28.4. The largest absolute Gasteiger partial charge is 0.508 e. The van der Waals surface area contributed by atoms with Crippen molar-refractivity contribution in [2.75, 3.05) is 18.5 Å². The number of aromatic hydroxyl groups is 1. The van der Waals surface area contributed by atoms with Crippen molar-refractivity contribution in [3.8, 4) is 17.2 Å². The van der Waals surface area contributed by atoms with Crippen molar-refractivity contribution in [2.45, 2.75) is 49.6 Å².